The molecular weight excluding hydrogens is 378 g/mol. The van der Waals surface area contributed by atoms with E-state index in [2.05, 4.69) is 70.2 Å². The molecule has 3 aromatic heterocycles. The Kier molecular flexibility index (Phi) is 2.74. The SMILES string of the molecule is c1ccc2c(c1)Cc1ccc3c(c1-2)-c1ccc2c4cnccc4n4ccnc4c2c1C3. The first-order valence-electron chi connectivity index (χ1n) is 10.8. The molecule has 0 N–H and O–H groups in total. The average Bonchev–Trinajstić information content (AvgIpc) is 3.53. The minimum atomic E-state index is 0.950. The van der Waals surface area contributed by atoms with Crippen LogP contribution < -0.4 is 0 Å². The van der Waals surface area contributed by atoms with Gasteiger partial charge in [-0.15, -0.1) is 0 Å². The lowest BCUT2D eigenvalue weighted by Crippen LogP contribution is -1.94. The van der Waals surface area contributed by atoms with Crippen molar-refractivity contribution in [1.29, 1.82) is 0 Å². The van der Waals surface area contributed by atoms with E-state index in [0.717, 1.165) is 24.0 Å². The molecule has 2 aliphatic rings. The Morgan fingerprint density at radius 1 is 0.710 bits per heavy atom. The minimum absolute atomic E-state index is 0.950. The Labute approximate surface area is 178 Å². The number of hydrogen-bond donors (Lipinski definition) is 0. The Balaban J connectivity index is 1.53. The van der Waals surface area contributed by atoms with Gasteiger partial charge in [-0.1, -0.05) is 48.5 Å². The second-order valence-corrected chi connectivity index (χ2v) is 8.67. The van der Waals surface area contributed by atoms with Crippen LogP contribution in [0.4, 0.5) is 0 Å². The maximum atomic E-state index is 4.79. The topological polar surface area (TPSA) is 30.2 Å². The number of fused-ring (bicyclic) bond motifs is 14. The van der Waals surface area contributed by atoms with Gasteiger partial charge in [0.2, 0.25) is 0 Å². The van der Waals surface area contributed by atoms with Crippen LogP contribution in [0.5, 0.6) is 0 Å². The molecule has 0 aliphatic heterocycles. The van der Waals surface area contributed by atoms with E-state index in [9.17, 15) is 0 Å². The summed E-state index contributed by atoms with van der Waals surface area (Å²) in [6, 6.07) is 20.2. The Bertz CT molecular complexity index is 1740. The molecule has 0 atom stereocenters. The molecule has 0 spiro atoms. The molecule has 0 unspecified atom stereocenters. The molecule has 0 saturated carbocycles. The van der Waals surface area contributed by atoms with Crippen LogP contribution in [0, 0.1) is 0 Å². The zero-order valence-electron chi connectivity index (χ0n) is 16.8. The second-order valence-electron chi connectivity index (χ2n) is 8.67. The first-order valence-corrected chi connectivity index (χ1v) is 10.8. The summed E-state index contributed by atoms with van der Waals surface area (Å²) in [6.07, 6.45) is 9.79. The van der Waals surface area contributed by atoms with Crippen molar-refractivity contribution in [2.24, 2.45) is 0 Å². The zero-order chi connectivity index (χ0) is 20.1. The number of pyridine rings is 2. The summed E-state index contributed by atoms with van der Waals surface area (Å²) >= 11 is 0. The fraction of sp³-hybridized carbons (Fsp3) is 0.0714. The van der Waals surface area contributed by atoms with Crippen molar-refractivity contribution in [3.63, 3.8) is 0 Å². The van der Waals surface area contributed by atoms with Crippen molar-refractivity contribution < 1.29 is 0 Å². The van der Waals surface area contributed by atoms with Crippen LogP contribution in [0.1, 0.15) is 22.3 Å². The summed E-state index contributed by atoms with van der Waals surface area (Å²) in [5, 5.41) is 3.68. The molecule has 6 aromatic rings. The standard InChI is InChI=1S/C28H17N3/c1-2-4-19-16(3-1)13-17-5-6-18-14-22-20(26(18)25(17)19)7-8-21-23-15-29-10-9-24(23)31-12-11-30-28(31)27(21)22/h1-12,15H,13-14H2. The van der Waals surface area contributed by atoms with Crippen LogP contribution in [0.3, 0.4) is 0 Å². The fourth-order valence-corrected chi connectivity index (χ4v) is 5.95. The monoisotopic (exact) mass is 395 g/mol. The number of nitrogens with zero attached hydrogens (tertiary/aromatic N) is 3. The Hall–Kier alpha value is -3.98. The summed E-state index contributed by atoms with van der Waals surface area (Å²) in [7, 11) is 0. The highest BCUT2D eigenvalue weighted by Gasteiger charge is 2.30. The highest BCUT2D eigenvalue weighted by Crippen LogP contribution is 2.51. The van der Waals surface area contributed by atoms with Gasteiger partial charge in [-0.25, -0.2) is 4.98 Å². The van der Waals surface area contributed by atoms with Crippen LogP contribution in [0.15, 0.2) is 79.4 Å². The molecule has 31 heavy (non-hydrogen) atoms. The average molecular weight is 395 g/mol. The van der Waals surface area contributed by atoms with Crippen molar-refractivity contribution in [1.82, 2.24) is 14.4 Å². The van der Waals surface area contributed by atoms with Gasteiger partial charge in [0.25, 0.3) is 0 Å². The third kappa shape index (κ3) is 1.85. The van der Waals surface area contributed by atoms with Crippen LogP contribution in [-0.4, -0.2) is 14.4 Å². The number of hydrogen-bond acceptors (Lipinski definition) is 2. The van der Waals surface area contributed by atoms with Gasteiger partial charge in [0, 0.05) is 35.6 Å². The van der Waals surface area contributed by atoms with Crippen molar-refractivity contribution in [2.75, 3.05) is 0 Å². The van der Waals surface area contributed by atoms with Gasteiger partial charge in [-0.2, -0.15) is 0 Å². The first-order chi connectivity index (χ1) is 15.4. The largest absolute Gasteiger partial charge is 0.299 e. The van der Waals surface area contributed by atoms with E-state index >= 15 is 0 Å². The summed E-state index contributed by atoms with van der Waals surface area (Å²) in [5.74, 6) is 0. The maximum Gasteiger partial charge on any atom is 0.145 e. The van der Waals surface area contributed by atoms with Gasteiger partial charge < -0.3 is 0 Å². The third-order valence-electron chi connectivity index (χ3n) is 7.21. The van der Waals surface area contributed by atoms with Gasteiger partial charge in [-0.05, 0) is 68.8 Å². The number of benzene rings is 3. The molecular formula is C28H17N3. The quantitative estimate of drug-likeness (QED) is 0.287. The molecule has 3 nitrogen and oxygen atoms in total. The predicted molar refractivity (Wildman–Crippen MR) is 124 cm³/mol. The van der Waals surface area contributed by atoms with E-state index in [1.807, 2.05) is 18.6 Å². The highest BCUT2D eigenvalue weighted by molar-refractivity contribution is 6.15. The lowest BCUT2D eigenvalue weighted by Gasteiger charge is -2.13. The fourth-order valence-electron chi connectivity index (χ4n) is 5.95. The molecule has 0 bridgehead atoms. The van der Waals surface area contributed by atoms with Crippen molar-refractivity contribution in [3.05, 3.63) is 102 Å². The number of imidazole rings is 1. The molecule has 0 radical (unpaired) electrons. The highest BCUT2D eigenvalue weighted by atomic mass is 15.0. The molecule has 3 heteroatoms. The molecule has 0 saturated heterocycles. The van der Waals surface area contributed by atoms with E-state index in [1.54, 1.807) is 0 Å². The maximum absolute atomic E-state index is 4.79. The smallest absolute Gasteiger partial charge is 0.145 e. The van der Waals surface area contributed by atoms with E-state index in [4.69, 9.17) is 4.98 Å². The normalized spacial score (nSPS) is 13.5. The van der Waals surface area contributed by atoms with Gasteiger partial charge >= 0.3 is 0 Å². The zero-order valence-corrected chi connectivity index (χ0v) is 16.8. The first kappa shape index (κ1) is 15.8. The van der Waals surface area contributed by atoms with Gasteiger partial charge in [0.15, 0.2) is 0 Å². The van der Waals surface area contributed by atoms with Crippen molar-refractivity contribution in [3.8, 4) is 22.3 Å². The summed E-state index contributed by atoms with van der Waals surface area (Å²) < 4.78 is 2.21. The molecule has 0 fully saturated rings. The molecule has 3 heterocycles. The number of aromatic nitrogens is 3. The Morgan fingerprint density at radius 2 is 1.58 bits per heavy atom. The number of rotatable bonds is 0. The van der Waals surface area contributed by atoms with E-state index < -0.39 is 0 Å². The van der Waals surface area contributed by atoms with Crippen molar-refractivity contribution >= 4 is 27.3 Å². The van der Waals surface area contributed by atoms with Crippen LogP contribution >= 0.6 is 0 Å². The van der Waals surface area contributed by atoms with E-state index in [-0.39, 0.29) is 0 Å². The van der Waals surface area contributed by atoms with Gasteiger partial charge in [0.1, 0.15) is 5.65 Å². The summed E-state index contributed by atoms with van der Waals surface area (Å²) in [6.45, 7) is 0. The van der Waals surface area contributed by atoms with Gasteiger partial charge in [-0.3, -0.25) is 9.38 Å². The van der Waals surface area contributed by atoms with Crippen LogP contribution in [0.2, 0.25) is 0 Å². The summed E-state index contributed by atoms with van der Waals surface area (Å²) in [4.78, 5) is 9.21. The van der Waals surface area contributed by atoms with Crippen molar-refractivity contribution in [2.45, 2.75) is 12.8 Å². The molecule has 8 rings (SSSR count). The van der Waals surface area contributed by atoms with Gasteiger partial charge in [0.05, 0.1) is 5.52 Å². The predicted octanol–water partition coefficient (Wildman–Crippen LogP) is 6.18. The van der Waals surface area contributed by atoms with E-state index in [1.165, 1.54) is 60.7 Å². The Morgan fingerprint density at radius 3 is 2.55 bits per heavy atom. The lowest BCUT2D eigenvalue weighted by molar-refractivity contribution is 1.23. The summed E-state index contributed by atoms with van der Waals surface area (Å²) in [5.41, 5.74) is 13.5. The molecule has 0 amide bonds. The lowest BCUT2D eigenvalue weighted by atomic mass is 9.92. The molecule has 144 valence electrons. The second kappa shape index (κ2) is 5.38. The van der Waals surface area contributed by atoms with E-state index in [0.29, 0.717) is 0 Å². The molecule has 3 aromatic carbocycles. The molecule has 2 aliphatic carbocycles. The van der Waals surface area contributed by atoms with Crippen LogP contribution in [-0.2, 0) is 12.8 Å². The third-order valence-corrected chi connectivity index (χ3v) is 7.21. The van der Waals surface area contributed by atoms with Crippen LogP contribution in [0.25, 0.3) is 49.6 Å². The minimum Gasteiger partial charge on any atom is -0.299 e.